The minimum Gasteiger partial charge on any atom is -0.409 e. The fourth-order valence-electron chi connectivity index (χ4n) is 2.68. The van der Waals surface area contributed by atoms with Crippen LogP contribution in [0.3, 0.4) is 0 Å². The van der Waals surface area contributed by atoms with Gasteiger partial charge in [-0.25, -0.2) is 4.98 Å². The number of hydrogen-bond acceptors (Lipinski definition) is 5. The van der Waals surface area contributed by atoms with E-state index in [4.69, 9.17) is 15.7 Å². The lowest BCUT2D eigenvalue weighted by Gasteiger charge is -2.33. The normalized spacial score (nSPS) is 17.2. The highest BCUT2D eigenvalue weighted by atomic mass is 16.5. The van der Waals surface area contributed by atoms with Crippen molar-refractivity contribution in [3.8, 4) is 0 Å². The first kappa shape index (κ1) is 14.6. The molecule has 3 N–H and O–H groups in total. The number of aromatic nitrogens is 1. The van der Waals surface area contributed by atoms with Gasteiger partial charge in [-0.05, 0) is 38.3 Å². The molecule has 0 spiro atoms. The molecule has 0 amide bonds. The predicted molar refractivity (Wildman–Crippen MR) is 78.5 cm³/mol. The minimum absolute atomic E-state index is 0.101. The molecular formula is C14H22N4O2. The second-order valence-corrected chi connectivity index (χ2v) is 5.22. The standard InChI is InChI=1S/C14H22N4O2/c1-9-8-10(2)16-14(12(9)13(15)17-19)18(3)11-4-6-20-7-5-11/h8,11,19H,4-7H2,1-3H3,(H2,15,17). The Bertz CT molecular complexity index is 510. The summed E-state index contributed by atoms with van der Waals surface area (Å²) in [7, 11) is 2.01. The largest absolute Gasteiger partial charge is 0.409 e. The Labute approximate surface area is 119 Å². The van der Waals surface area contributed by atoms with E-state index in [-0.39, 0.29) is 5.84 Å². The highest BCUT2D eigenvalue weighted by Crippen LogP contribution is 2.26. The summed E-state index contributed by atoms with van der Waals surface area (Å²) < 4.78 is 5.40. The third kappa shape index (κ3) is 2.85. The molecule has 2 heterocycles. The molecular weight excluding hydrogens is 256 g/mol. The second-order valence-electron chi connectivity index (χ2n) is 5.22. The van der Waals surface area contributed by atoms with Crippen LogP contribution in [0.5, 0.6) is 0 Å². The minimum atomic E-state index is 0.101. The third-order valence-electron chi connectivity index (χ3n) is 3.76. The Morgan fingerprint density at radius 3 is 2.70 bits per heavy atom. The molecule has 1 aliphatic heterocycles. The molecule has 1 saturated heterocycles. The van der Waals surface area contributed by atoms with Crippen LogP contribution < -0.4 is 10.6 Å². The molecule has 6 heteroatoms. The summed E-state index contributed by atoms with van der Waals surface area (Å²) in [5.74, 6) is 0.869. The van der Waals surface area contributed by atoms with Gasteiger partial charge in [-0.15, -0.1) is 0 Å². The van der Waals surface area contributed by atoms with Crippen LogP contribution >= 0.6 is 0 Å². The first-order chi connectivity index (χ1) is 9.54. The maximum atomic E-state index is 9.00. The highest BCUT2D eigenvalue weighted by Gasteiger charge is 2.24. The number of amidine groups is 1. The Morgan fingerprint density at radius 2 is 2.10 bits per heavy atom. The Morgan fingerprint density at radius 1 is 1.45 bits per heavy atom. The molecule has 0 aromatic carbocycles. The number of hydrogen-bond donors (Lipinski definition) is 2. The molecule has 1 aromatic rings. The number of anilines is 1. The van der Waals surface area contributed by atoms with Gasteiger partial charge in [0.15, 0.2) is 5.84 Å². The average Bonchev–Trinajstić information content (AvgIpc) is 2.46. The number of rotatable bonds is 3. The van der Waals surface area contributed by atoms with E-state index in [0.717, 1.165) is 43.1 Å². The lowest BCUT2D eigenvalue weighted by molar-refractivity contribution is 0.0853. The summed E-state index contributed by atoms with van der Waals surface area (Å²) in [5, 5.41) is 12.1. The maximum absolute atomic E-state index is 9.00. The van der Waals surface area contributed by atoms with Crippen molar-refractivity contribution >= 4 is 11.7 Å². The SMILES string of the molecule is Cc1cc(C)c(/C(N)=N/O)c(N(C)C2CCOCC2)n1. The van der Waals surface area contributed by atoms with E-state index in [1.54, 1.807) is 0 Å². The highest BCUT2D eigenvalue weighted by molar-refractivity contribution is 6.02. The van der Waals surface area contributed by atoms with Gasteiger partial charge in [-0.2, -0.15) is 0 Å². The number of aryl methyl sites for hydroxylation is 2. The molecule has 6 nitrogen and oxygen atoms in total. The molecule has 20 heavy (non-hydrogen) atoms. The van der Waals surface area contributed by atoms with Crippen molar-refractivity contribution in [3.63, 3.8) is 0 Å². The maximum Gasteiger partial charge on any atom is 0.174 e. The van der Waals surface area contributed by atoms with E-state index in [1.165, 1.54) is 0 Å². The van der Waals surface area contributed by atoms with E-state index < -0.39 is 0 Å². The zero-order chi connectivity index (χ0) is 14.7. The fourth-order valence-corrected chi connectivity index (χ4v) is 2.68. The van der Waals surface area contributed by atoms with Crippen LogP contribution in [0.15, 0.2) is 11.2 Å². The smallest absolute Gasteiger partial charge is 0.174 e. The summed E-state index contributed by atoms with van der Waals surface area (Å²) in [6.45, 7) is 5.42. The van der Waals surface area contributed by atoms with Crippen molar-refractivity contribution in [1.82, 2.24) is 4.98 Å². The van der Waals surface area contributed by atoms with Crippen LogP contribution in [0.1, 0.15) is 29.7 Å². The number of oxime groups is 1. The van der Waals surface area contributed by atoms with E-state index in [0.29, 0.717) is 11.6 Å². The summed E-state index contributed by atoms with van der Waals surface area (Å²) in [4.78, 5) is 6.71. The van der Waals surface area contributed by atoms with E-state index in [2.05, 4.69) is 15.0 Å². The number of pyridine rings is 1. The molecule has 0 unspecified atom stereocenters. The first-order valence-electron chi connectivity index (χ1n) is 6.81. The molecule has 2 rings (SSSR count). The summed E-state index contributed by atoms with van der Waals surface area (Å²) in [6.07, 6.45) is 1.92. The predicted octanol–water partition coefficient (Wildman–Crippen LogP) is 1.41. The molecule has 1 fully saturated rings. The van der Waals surface area contributed by atoms with Crippen LogP contribution in [-0.2, 0) is 4.74 Å². The van der Waals surface area contributed by atoms with Gasteiger partial charge in [0.2, 0.25) is 0 Å². The molecule has 1 aliphatic rings. The van der Waals surface area contributed by atoms with Crippen molar-refractivity contribution in [2.75, 3.05) is 25.2 Å². The quantitative estimate of drug-likeness (QED) is 0.378. The van der Waals surface area contributed by atoms with Crippen LogP contribution in [0.4, 0.5) is 5.82 Å². The molecule has 0 atom stereocenters. The monoisotopic (exact) mass is 278 g/mol. The first-order valence-corrected chi connectivity index (χ1v) is 6.81. The van der Waals surface area contributed by atoms with Gasteiger partial charge >= 0.3 is 0 Å². The van der Waals surface area contributed by atoms with Crippen LogP contribution in [-0.4, -0.2) is 42.3 Å². The zero-order valence-electron chi connectivity index (χ0n) is 12.3. The number of ether oxygens (including phenoxy) is 1. The summed E-state index contributed by atoms with van der Waals surface area (Å²) >= 11 is 0. The van der Waals surface area contributed by atoms with Gasteiger partial charge in [0.05, 0.1) is 5.56 Å². The van der Waals surface area contributed by atoms with Gasteiger partial charge in [-0.1, -0.05) is 5.16 Å². The van der Waals surface area contributed by atoms with Crippen LogP contribution in [0.2, 0.25) is 0 Å². The van der Waals surface area contributed by atoms with Crippen LogP contribution in [0, 0.1) is 13.8 Å². The number of nitrogens with zero attached hydrogens (tertiary/aromatic N) is 3. The van der Waals surface area contributed by atoms with Gasteiger partial charge in [0, 0.05) is 32.0 Å². The van der Waals surface area contributed by atoms with E-state index in [1.807, 2.05) is 27.0 Å². The van der Waals surface area contributed by atoms with E-state index in [9.17, 15) is 0 Å². The summed E-state index contributed by atoms with van der Waals surface area (Å²) in [6, 6.07) is 2.30. The molecule has 1 aromatic heterocycles. The van der Waals surface area contributed by atoms with Crippen molar-refractivity contribution in [2.24, 2.45) is 10.9 Å². The van der Waals surface area contributed by atoms with Gasteiger partial charge in [0.25, 0.3) is 0 Å². The molecule has 0 bridgehead atoms. The van der Waals surface area contributed by atoms with Crippen molar-refractivity contribution in [1.29, 1.82) is 0 Å². The van der Waals surface area contributed by atoms with Crippen molar-refractivity contribution in [2.45, 2.75) is 32.7 Å². The van der Waals surface area contributed by atoms with Crippen molar-refractivity contribution in [3.05, 3.63) is 22.9 Å². The van der Waals surface area contributed by atoms with E-state index >= 15 is 0 Å². The second kappa shape index (κ2) is 6.09. The fraction of sp³-hybridized carbons (Fsp3) is 0.571. The Balaban J connectivity index is 2.43. The van der Waals surface area contributed by atoms with Gasteiger partial charge in [0.1, 0.15) is 5.82 Å². The third-order valence-corrected chi connectivity index (χ3v) is 3.76. The van der Waals surface area contributed by atoms with Crippen molar-refractivity contribution < 1.29 is 9.94 Å². The molecule has 110 valence electrons. The average molecular weight is 278 g/mol. The molecule has 0 saturated carbocycles. The van der Waals surface area contributed by atoms with Crippen LogP contribution in [0.25, 0.3) is 0 Å². The summed E-state index contributed by atoms with van der Waals surface area (Å²) in [5.41, 5.74) is 8.41. The lowest BCUT2D eigenvalue weighted by atomic mass is 10.0. The zero-order valence-corrected chi connectivity index (χ0v) is 12.3. The Kier molecular flexibility index (Phi) is 4.44. The topological polar surface area (TPSA) is 84.0 Å². The van der Waals surface area contributed by atoms with Gasteiger partial charge in [-0.3, -0.25) is 0 Å². The molecule has 0 aliphatic carbocycles. The number of nitrogens with two attached hydrogens (primary N) is 1. The van der Waals surface area contributed by atoms with Gasteiger partial charge < -0.3 is 20.6 Å². The molecule has 0 radical (unpaired) electrons. The lowest BCUT2D eigenvalue weighted by Crippen LogP contribution is -2.38. The Hall–Kier alpha value is -1.82.